The Kier molecular flexibility index (Phi) is 3.42. The van der Waals surface area contributed by atoms with E-state index in [0.717, 1.165) is 16.8 Å². The summed E-state index contributed by atoms with van der Waals surface area (Å²) in [7, 11) is 1.61. The summed E-state index contributed by atoms with van der Waals surface area (Å²) in [5.74, 6) is 0.819. The highest BCUT2D eigenvalue weighted by molar-refractivity contribution is 5.88. The molecule has 6 heteroatoms. The van der Waals surface area contributed by atoms with Crippen LogP contribution in [0.15, 0.2) is 54.9 Å². The monoisotopic (exact) mass is 320 g/mol. The largest absolute Gasteiger partial charge is 0.497 e. The van der Waals surface area contributed by atoms with Crippen molar-refractivity contribution in [1.82, 2.24) is 19.9 Å². The van der Waals surface area contributed by atoms with E-state index in [1.54, 1.807) is 25.6 Å². The SMILES string of the molecule is COc1cccc(-c2nc(-c3cccc(F)c3)nc3nc[nH]c23)c1. The van der Waals surface area contributed by atoms with Gasteiger partial charge in [-0.3, -0.25) is 0 Å². The highest BCUT2D eigenvalue weighted by Crippen LogP contribution is 2.29. The number of H-pyrrole nitrogens is 1. The first-order valence-corrected chi connectivity index (χ1v) is 7.36. The molecule has 0 aliphatic heterocycles. The number of nitrogens with one attached hydrogen (secondary N) is 1. The molecule has 0 aliphatic rings. The Hall–Kier alpha value is -3.28. The van der Waals surface area contributed by atoms with Gasteiger partial charge in [-0.1, -0.05) is 24.3 Å². The summed E-state index contributed by atoms with van der Waals surface area (Å²) in [5, 5.41) is 0. The van der Waals surface area contributed by atoms with Crippen molar-refractivity contribution in [1.29, 1.82) is 0 Å². The van der Waals surface area contributed by atoms with Gasteiger partial charge in [0.15, 0.2) is 11.5 Å². The molecule has 5 nitrogen and oxygen atoms in total. The van der Waals surface area contributed by atoms with Crippen molar-refractivity contribution >= 4 is 11.2 Å². The van der Waals surface area contributed by atoms with Crippen LogP contribution in [0.1, 0.15) is 0 Å². The Balaban J connectivity index is 1.95. The lowest BCUT2D eigenvalue weighted by molar-refractivity contribution is 0.415. The summed E-state index contributed by atoms with van der Waals surface area (Å²) in [6, 6.07) is 13.8. The summed E-state index contributed by atoms with van der Waals surface area (Å²) < 4.78 is 18.8. The van der Waals surface area contributed by atoms with Crippen molar-refractivity contribution in [2.45, 2.75) is 0 Å². The molecule has 0 saturated carbocycles. The smallest absolute Gasteiger partial charge is 0.181 e. The predicted octanol–water partition coefficient (Wildman–Crippen LogP) is 3.83. The number of benzene rings is 2. The first-order valence-electron chi connectivity index (χ1n) is 7.36. The van der Waals surface area contributed by atoms with Crippen molar-refractivity contribution in [3.63, 3.8) is 0 Å². The van der Waals surface area contributed by atoms with Gasteiger partial charge in [0.05, 0.1) is 13.4 Å². The minimum Gasteiger partial charge on any atom is -0.497 e. The van der Waals surface area contributed by atoms with E-state index in [9.17, 15) is 4.39 Å². The highest BCUT2D eigenvalue weighted by Gasteiger charge is 2.14. The van der Waals surface area contributed by atoms with E-state index >= 15 is 0 Å². The maximum absolute atomic E-state index is 13.5. The van der Waals surface area contributed by atoms with E-state index < -0.39 is 0 Å². The van der Waals surface area contributed by atoms with Gasteiger partial charge in [-0.05, 0) is 24.3 Å². The fraction of sp³-hybridized carbons (Fsp3) is 0.0556. The van der Waals surface area contributed by atoms with Crippen LogP contribution in [0.5, 0.6) is 5.75 Å². The van der Waals surface area contributed by atoms with Crippen molar-refractivity contribution in [2.75, 3.05) is 7.11 Å². The second-order valence-corrected chi connectivity index (χ2v) is 5.24. The molecule has 1 N–H and O–H groups in total. The first-order chi connectivity index (χ1) is 11.7. The molecule has 0 fully saturated rings. The second-order valence-electron chi connectivity index (χ2n) is 5.24. The quantitative estimate of drug-likeness (QED) is 0.623. The molecule has 0 aliphatic carbocycles. The van der Waals surface area contributed by atoms with E-state index in [1.807, 2.05) is 24.3 Å². The van der Waals surface area contributed by atoms with Gasteiger partial charge in [0, 0.05) is 11.1 Å². The molecule has 0 spiro atoms. The summed E-state index contributed by atoms with van der Waals surface area (Å²) in [4.78, 5) is 16.3. The maximum Gasteiger partial charge on any atom is 0.181 e. The number of fused-ring (bicyclic) bond motifs is 1. The van der Waals surface area contributed by atoms with Gasteiger partial charge in [0.1, 0.15) is 22.8 Å². The van der Waals surface area contributed by atoms with Crippen molar-refractivity contribution < 1.29 is 9.13 Å². The van der Waals surface area contributed by atoms with Crippen molar-refractivity contribution in [2.24, 2.45) is 0 Å². The number of aromatic nitrogens is 4. The van der Waals surface area contributed by atoms with Gasteiger partial charge in [-0.15, -0.1) is 0 Å². The fourth-order valence-corrected chi connectivity index (χ4v) is 2.57. The molecule has 24 heavy (non-hydrogen) atoms. The number of halogens is 1. The Labute approximate surface area is 137 Å². The lowest BCUT2D eigenvalue weighted by atomic mass is 10.1. The van der Waals surface area contributed by atoms with E-state index in [0.29, 0.717) is 22.7 Å². The predicted molar refractivity (Wildman–Crippen MR) is 89.1 cm³/mol. The van der Waals surface area contributed by atoms with Crippen LogP contribution in [0.4, 0.5) is 4.39 Å². The van der Waals surface area contributed by atoms with Crippen LogP contribution < -0.4 is 4.74 Å². The van der Waals surface area contributed by atoms with Crippen LogP contribution in [0, 0.1) is 5.82 Å². The van der Waals surface area contributed by atoms with E-state index in [1.165, 1.54) is 12.1 Å². The van der Waals surface area contributed by atoms with Crippen LogP contribution >= 0.6 is 0 Å². The Morgan fingerprint density at radius 2 is 1.83 bits per heavy atom. The number of rotatable bonds is 3. The van der Waals surface area contributed by atoms with E-state index in [4.69, 9.17) is 4.74 Å². The third-order valence-electron chi connectivity index (χ3n) is 3.71. The summed E-state index contributed by atoms with van der Waals surface area (Å²) in [5.41, 5.74) is 3.41. The minimum atomic E-state index is -0.332. The van der Waals surface area contributed by atoms with Gasteiger partial charge >= 0.3 is 0 Å². The van der Waals surface area contributed by atoms with Gasteiger partial charge in [-0.2, -0.15) is 0 Å². The molecule has 118 valence electrons. The number of hydrogen-bond acceptors (Lipinski definition) is 4. The zero-order chi connectivity index (χ0) is 16.5. The van der Waals surface area contributed by atoms with E-state index in [-0.39, 0.29) is 5.82 Å². The molecule has 4 rings (SSSR count). The zero-order valence-corrected chi connectivity index (χ0v) is 12.8. The molecule has 2 heterocycles. The Morgan fingerprint density at radius 1 is 1.00 bits per heavy atom. The molecule has 4 aromatic rings. The van der Waals surface area contributed by atoms with Crippen molar-refractivity contribution in [3.05, 3.63) is 60.7 Å². The van der Waals surface area contributed by atoms with Crippen LogP contribution in [0.3, 0.4) is 0 Å². The second kappa shape index (κ2) is 5.73. The van der Waals surface area contributed by atoms with Crippen LogP contribution in [0.2, 0.25) is 0 Å². The molecule has 2 aromatic heterocycles. The molecular weight excluding hydrogens is 307 g/mol. The number of aromatic amines is 1. The molecule has 0 bridgehead atoms. The minimum absolute atomic E-state index is 0.332. The summed E-state index contributed by atoms with van der Waals surface area (Å²) >= 11 is 0. The number of hydrogen-bond donors (Lipinski definition) is 1. The first kappa shape index (κ1) is 14.3. The Morgan fingerprint density at radius 3 is 2.67 bits per heavy atom. The van der Waals surface area contributed by atoms with Gasteiger partial charge in [0.25, 0.3) is 0 Å². The number of ether oxygens (including phenoxy) is 1. The van der Waals surface area contributed by atoms with Gasteiger partial charge < -0.3 is 9.72 Å². The lowest BCUT2D eigenvalue weighted by Crippen LogP contribution is -1.95. The molecule has 0 atom stereocenters. The van der Waals surface area contributed by atoms with Gasteiger partial charge in [0.2, 0.25) is 0 Å². The summed E-state index contributed by atoms with van der Waals surface area (Å²) in [6.07, 6.45) is 1.57. The standard InChI is InChI=1S/C18H13FN4O/c1-24-14-7-3-4-11(9-14)15-16-18(21-10-20-16)23-17(22-15)12-5-2-6-13(19)8-12/h2-10H,1H3,(H,20,21,22,23). The van der Waals surface area contributed by atoms with Gasteiger partial charge in [-0.25, -0.2) is 19.3 Å². The lowest BCUT2D eigenvalue weighted by Gasteiger charge is -2.07. The molecule has 0 radical (unpaired) electrons. The van der Waals surface area contributed by atoms with Crippen molar-refractivity contribution in [3.8, 4) is 28.4 Å². The molecule has 0 unspecified atom stereocenters. The highest BCUT2D eigenvalue weighted by atomic mass is 19.1. The van der Waals surface area contributed by atoms with E-state index in [2.05, 4.69) is 19.9 Å². The Bertz CT molecular complexity index is 1030. The molecule has 0 amide bonds. The average Bonchev–Trinajstić information content (AvgIpc) is 3.09. The van der Waals surface area contributed by atoms with Crippen LogP contribution in [-0.2, 0) is 0 Å². The third-order valence-corrected chi connectivity index (χ3v) is 3.71. The average molecular weight is 320 g/mol. The molecule has 2 aromatic carbocycles. The third kappa shape index (κ3) is 2.48. The number of nitrogens with zero attached hydrogens (tertiary/aromatic N) is 3. The topological polar surface area (TPSA) is 63.7 Å². The van der Waals surface area contributed by atoms with Crippen LogP contribution in [-0.4, -0.2) is 27.0 Å². The summed E-state index contributed by atoms with van der Waals surface area (Å²) in [6.45, 7) is 0. The van der Waals surface area contributed by atoms with Crippen LogP contribution in [0.25, 0.3) is 33.8 Å². The number of methoxy groups -OCH3 is 1. The molecule has 0 saturated heterocycles. The normalized spacial score (nSPS) is 10.9. The zero-order valence-electron chi connectivity index (χ0n) is 12.8. The maximum atomic E-state index is 13.5. The molecular formula is C18H13FN4O. The number of imidazole rings is 1. The fourth-order valence-electron chi connectivity index (χ4n) is 2.57.